The summed E-state index contributed by atoms with van der Waals surface area (Å²) in [5, 5.41) is 0. The van der Waals surface area contributed by atoms with Gasteiger partial charge < -0.3 is 14.4 Å². The van der Waals surface area contributed by atoms with Gasteiger partial charge in [0.05, 0.1) is 0 Å². The molecular weight excluding hydrogens is 226 g/mol. The highest BCUT2D eigenvalue weighted by Crippen LogP contribution is 2.21. The van der Waals surface area contributed by atoms with Gasteiger partial charge in [0.1, 0.15) is 12.5 Å². The highest BCUT2D eigenvalue weighted by atomic mass is 16.5. The Hall–Kier alpha value is -1.06. The van der Waals surface area contributed by atoms with Crippen LogP contribution >= 0.6 is 0 Å². The molecule has 0 heterocycles. The number of hydrogen-bond acceptors (Lipinski definition) is 3. The Morgan fingerprint density at radius 3 is 1.78 bits per heavy atom. The van der Waals surface area contributed by atoms with Gasteiger partial charge in [-0.25, -0.2) is 0 Å². The molecule has 0 bridgehead atoms. The van der Waals surface area contributed by atoms with Crippen molar-refractivity contribution in [3.05, 3.63) is 29.8 Å². The lowest BCUT2D eigenvalue weighted by molar-refractivity contribution is 0.00825. The third-order valence-corrected chi connectivity index (χ3v) is 2.93. The minimum atomic E-state index is -0.000689. The molecule has 0 saturated carbocycles. The molecule has 3 nitrogen and oxygen atoms in total. The number of ether oxygens (including phenoxy) is 2. The van der Waals surface area contributed by atoms with Gasteiger partial charge in [-0.1, -0.05) is 17.7 Å². The fourth-order valence-corrected chi connectivity index (χ4v) is 2.08. The number of aryl methyl sites for hydroxylation is 1. The Kier molecular flexibility index (Phi) is 6.16. The molecule has 0 aliphatic carbocycles. The summed E-state index contributed by atoms with van der Waals surface area (Å²) in [6, 6.07) is 8.44. The van der Waals surface area contributed by atoms with Gasteiger partial charge in [0.25, 0.3) is 0 Å². The van der Waals surface area contributed by atoms with Crippen molar-refractivity contribution in [2.45, 2.75) is 47.1 Å². The van der Waals surface area contributed by atoms with E-state index in [1.165, 1.54) is 5.56 Å². The average molecular weight is 251 g/mol. The summed E-state index contributed by atoms with van der Waals surface area (Å²) >= 11 is 0. The second kappa shape index (κ2) is 7.39. The summed E-state index contributed by atoms with van der Waals surface area (Å²) in [7, 11) is 0. The zero-order chi connectivity index (χ0) is 13.5. The van der Waals surface area contributed by atoms with E-state index in [4.69, 9.17) is 9.47 Å². The number of hydrogen-bond donors (Lipinski definition) is 0. The van der Waals surface area contributed by atoms with Crippen molar-refractivity contribution in [2.75, 3.05) is 18.1 Å². The summed E-state index contributed by atoms with van der Waals surface area (Å²) < 4.78 is 11.4. The Morgan fingerprint density at radius 2 is 1.39 bits per heavy atom. The van der Waals surface area contributed by atoms with Gasteiger partial charge in [0.2, 0.25) is 0 Å². The molecule has 0 fully saturated rings. The number of benzene rings is 1. The van der Waals surface area contributed by atoms with Crippen molar-refractivity contribution in [3.63, 3.8) is 0 Å². The molecule has 3 heteroatoms. The van der Waals surface area contributed by atoms with Crippen LogP contribution in [0.15, 0.2) is 24.3 Å². The van der Waals surface area contributed by atoms with Gasteiger partial charge in [0, 0.05) is 18.9 Å². The lowest BCUT2D eigenvalue weighted by Crippen LogP contribution is -2.43. The van der Waals surface area contributed by atoms with Crippen LogP contribution in [0.2, 0.25) is 0 Å². The largest absolute Gasteiger partial charge is 0.359 e. The SMILES string of the molecule is CCOC(C)N(c1ccc(C)cc1)C(C)OCC. The molecule has 18 heavy (non-hydrogen) atoms. The molecule has 0 saturated heterocycles. The monoisotopic (exact) mass is 251 g/mol. The normalized spacial score (nSPS) is 14.3. The maximum absolute atomic E-state index is 5.70. The van der Waals surface area contributed by atoms with Crippen LogP contribution in [0.5, 0.6) is 0 Å². The third-order valence-electron chi connectivity index (χ3n) is 2.93. The van der Waals surface area contributed by atoms with E-state index < -0.39 is 0 Å². The third kappa shape index (κ3) is 4.00. The van der Waals surface area contributed by atoms with Crippen LogP contribution in [0, 0.1) is 6.92 Å². The summed E-state index contributed by atoms with van der Waals surface area (Å²) in [5.41, 5.74) is 2.38. The van der Waals surface area contributed by atoms with E-state index in [0.717, 1.165) is 5.69 Å². The summed E-state index contributed by atoms with van der Waals surface area (Å²) in [6.07, 6.45) is -0.00138. The molecule has 0 aliphatic rings. The Morgan fingerprint density at radius 1 is 0.944 bits per heavy atom. The number of nitrogens with zero attached hydrogens (tertiary/aromatic N) is 1. The van der Waals surface area contributed by atoms with E-state index in [0.29, 0.717) is 13.2 Å². The molecule has 2 unspecified atom stereocenters. The van der Waals surface area contributed by atoms with Crippen LogP contribution in [-0.2, 0) is 9.47 Å². The lowest BCUT2D eigenvalue weighted by Gasteiger charge is -2.35. The maximum Gasteiger partial charge on any atom is 0.129 e. The Bertz CT molecular complexity index is 325. The van der Waals surface area contributed by atoms with Crippen LogP contribution in [0.1, 0.15) is 33.3 Å². The smallest absolute Gasteiger partial charge is 0.129 e. The van der Waals surface area contributed by atoms with Gasteiger partial charge in [-0.05, 0) is 46.8 Å². The van der Waals surface area contributed by atoms with E-state index >= 15 is 0 Å². The molecule has 1 aromatic rings. The fourth-order valence-electron chi connectivity index (χ4n) is 2.08. The topological polar surface area (TPSA) is 21.7 Å². The summed E-state index contributed by atoms with van der Waals surface area (Å²) in [5.74, 6) is 0. The van der Waals surface area contributed by atoms with E-state index in [1.807, 2.05) is 13.8 Å². The fraction of sp³-hybridized carbons (Fsp3) is 0.600. The van der Waals surface area contributed by atoms with Crippen molar-refractivity contribution in [1.82, 2.24) is 0 Å². The minimum Gasteiger partial charge on any atom is -0.359 e. The Balaban J connectivity index is 2.91. The van der Waals surface area contributed by atoms with Gasteiger partial charge in [-0.3, -0.25) is 0 Å². The zero-order valence-electron chi connectivity index (χ0n) is 12.1. The first-order valence-electron chi connectivity index (χ1n) is 6.68. The van der Waals surface area contributed by atoms with Crippen LogP contribution in [0.4, 0.5) is 5.69 Å². The average Bonchev–Trinajstić information content (AvgIpc) is 2.33. The molecule has 1 rings (SSSR count). The molecule has 0 N–H and O–H groups in total. The van der Waals surface area contributed by atoms with Gasteiger partial charge in [-0.15, -0.1) is 0 Å². The molecule has 2 atom stereocenters. The summed E-state index contributed by atoms with van der Waals surface area (Å²) in [6.45, 7) is 11.6. The minimum absolute atomic E-state index is 0.000689. The Labute approximate surface area is 111 Å². The highest BCUT2D eigenvalue weighted by Gasteiger charge is 2.20. The molecule has 0 amide bonds. The lowest BCUT2D eigenvalue weighted by atomic mass is 10.2. The number of anilines is 1. The van der Waals surface area contributed by atoms with Crippen molar-refractivity contribution in [3.8, 4) is 0 Å². The van der Waals surface area contributed by atoms with Gasteiger partial charge >= 0.3 is 0 Å². The first-order valence-corrected chi connectivity index (χ1v) is 6.68. The maximum atomic E-state index is 5.70. The molecular formula is C15H25NO2. The molecule has 0 aliphatic heterocycles. The van der Waals surface area contributed by atoms with Crippen LogP contribution in [0.25, 0.3) is 0 Å². The highest BCUT2D eigenvalue weighted by molar-refractivity contribution is 5.48. The quantitative estimate of drug-likeness (QED) is 0.692. The summed E-state index contributed by atoms with van der Waals surface area (Å²) in [4.78, 5) is 2.16. The molecule has 0 aromatic heterocycles. The van der Waals surface area contributed by atoms with E-state index in [1.54, 1.807) is 0 Å². The standard InChI is InChI=1S/C15H25NO2/c1-6-17-13(4)16(14(5)18-7-2)15-10-8-12(3)9-11-15/h8-11,13-14H,6-7H2,1-5H3. The van der Waals surface area contributed by atoms with Crippen molar-refractivity contribution >= 4 is 5.69 Å². The van der Waals surface area contributed by atoms with Crippen LogP contribution in [-0.4, -0.2) is 25.7 Å². The second-order valence-corrected chi connectivity index (χ2v) is 4.35. The molecule has 1 aromatic carbocycles. The second-order valence-electron chi connectivity index (χ2n) is 4.35. The first kappa shape index (κ1) is 15.0. The predicted octanol–water partition coefficient (Wildman–Crippen LogP) is 3.57. The van der Waals surface area contributed by atoms with Crippen molar-refractivity contribution < 1.29 is 9.47 Å². The molecule has 0 spiro atoms. The molecule has 0 radical (unpaired) electrons. The predicted molar refractivity (Wildman–Crippen MR) is 75.8 cm³/mol. The van der Waals surface area contributed by atoms with E-state index in [-0.39, 0.29) is 12.5 Å². The molecule has 102 valence electrons. The number of rotatable bonds is 7. The van der Waals surface area contributed by atoms with E-state index in [9.17, 15) is 0 Å². The van der Waals surface area contributed by atoms with Crippen LogP contribution in [0.3, 0.4) is 0 Å². The first-order chi connectivity index (χ1) is 8.60. The van der Waals surface area contributed by atoms with E-state index in [2.05, 4.69) is 49.9 Å². The zero-order valence-corrected chi connectivity index (χ0v) is 12.1. The van der Waals surface area contributed by atoms with Crippen molar-refractivity contribution in [2.24, 2.45) is 0 Å². The van der Waals surface area contributed by atoms with Gasteiger partial charge in [-0.2, -0.15) is 0 Å². The van der Waals surface area contributed by atoms with Crippen LogP contribution < -0.4 is 4.90 Å². The van der Waals surface area contributed by atoms with Crippen molar-refractivity contribution in [1.29, 1.82) is 0 Å². The van der Waals surface area contributed by atoms with Gasteiger partial charge in [0.15, 0.2) is 0 Å².